The number of pyridine rings is 1. The highest BCUT2D eigenvalue weighted by Crippen LogP contribution is 2.26. The molecule has 1 heterocycles. The lowest BCUT2D eigenvalue weighted by molar-refractivity contribution is -0.118. The topological polar surface area (TPSA) is 79.4 Å². The zero-order chi connectivity index (χ0) is 20.1. The van der Waals surface area contributed by atoms with Crippen LogP contribution in [0.2, 0.25) is 0 Å². The van der Waals surface area contributed by atoms with Gasteiger partial charge in [-0.2, -0.15) is 0 Å². The summed E-state index contributed by atoms with van der Waals surface area (Å²) < 4.78 is 26.0. The summed E-state index contributed by atoms with van der Waals surface area (Å²) in [6.07, 6.45) is 1.73. The minimum atomic E-state index is -3.57. The van der Waals surface area contributed by atoms with E-state index < -0.39 is 10.0 Å². The third kappa shape index (κ3) is 4.52. The fourth-order valence-corrected chi connectivity index (χ4v) is 4.67. The monoisotopic (exact) mass is 415 g/mol. The second kappa shape index (κ2) is 8.72. The van der Waals surface area contributed by atoms with E-state index in [1.54, 1.807) is 30.5 Å². The molecule has 0 unspecified atom stereocenters. The van der Waals surface area contributed by atoms with Gasteiger partial charge in [0.15, 0.2) is 0 Å². The largest absolute Gasteiger partial charge is 0.351 e. The number of nitrogens with one attached hydrogen (secondary N) is 1. The number of hydrogen-bond acceptors (Lipinski definition) is 5. The van der Waals surface area contributed by atoms with E-state index in [-0.39, 0.29) is 23.1 Å². The van der Waals surface area contributed by atoms with E-state index in [4.69, 9.17) is 0 Å². The molecule has 0 saturated carbocycles. The number of carbonyl (C=O) groups excluding carboxylic acids is 1. The summed E-state index contributed by atoms with van der Waals surface area (Å²) in [4.78, 5) is 17.8. The maximum atomic E-state index is 12.4. The normalized spacial score (nSPS) is 11.7. The molecule has 6 nitrogen and oxygen atoms in total. The van der Waals surface area contributed by atoms with Crippen LogP contribution in [-0.2, 0) is 21.4 Å². The lowest BCUT2D eigenvalue weighted by Crippen LogP contribution is -2.27. The number of hydrogen-bond donors (Lipinski definition) is 1. The smallest absolute Gasteiger partial charge is 0.242 e. The van der Waals surface area contributed by atoms with E-state index in [2.05, 4.69) is 10.3 Å². The van der Waals surface area contributed by atoms with E-state index in [1.807, 2.05) is 30.3 Å². The Bertz CT molecular complexity index is 1090. The molecule has 0 fully saturated rings. The van der Waals surface area contributed by atoms with Gasteiger partial charge in [0.1, 0.15) is 0 Å². The van der Waals surface area contributed by atoms with Crippen LogP contribution in [0.15, 0.2) is 70.6 Å². The second-order valence-corrected chi connectivity index (χ2v) is 9.42. The Kier molecular flexibility index (Phi) is 6.33. The number of para-hydroxylation sites is 1. The van der Waals surface area contributed by atoms with Crippen LogP contribution in [0.5, 0.6) is 0 Å². The van der Waals surface area contributed by atoms with Crippen LogP contribution in [0.1, 0.15) is 5.56 Å². The Morgan fingerprint density at radius 1 is 1.07 bits per heavy atom. The van der Waals surface area contributed by atoms with Gasteiger partial charge in [-0.05, 0) is 23.8 Å². The zero-order valence-corrected chi connectivity index (χ0v) is 17.3. The second-order valence-electron chi connectivity index (χ2n) is 6.29. The molecule has 146 valence electrons. The summed E-state index contributed by atoms with van der Waals surface area (Å²) in [6.45, 7) is 0.153. The van der Waals surface area contributed by atoms with Gasteiger partial charge in [0.25, 0.3) is 0 Å². The third-order valence-electron chi connectivity index (χ3n) is 4.18. The number of rotatable bonds is 7. The zero-order valence-electron chi connectivity index (χ0n) is 15.6. The quantitative estimate of drug-likeness (QED) is 0.600. The molecule has 0 aliphatic rings. The first kappa shape index (κ1) is 20.3. The van der Waals surface area contributed by atoms with Crippen molar-refractivity contribution in [3.05, 3.63) is 66.4 Å². The van der Waals surface area contributed by atoms with Crippen molar-refractivity contribution < 1.29 is 13.2 Å². The lowest BCUT2D eigenvalue weighted by atomic mass is 10.2. The van der Waals surface area contributed by atoms with Crippen LogP contribution < -0.4 is 5.32 Å². The number of amides is 1. The highest BCUT2D eigenvalue weighted by atomic mass is 32.2. The van der Waals surface area contributed by atoms with Gasteiger partial charge in [0.2, 0.25) is 15.9 Å². The summed E-state index contributed by atoms with van der Waals surface area (Å²) >= 11 is 1.43. The Balaban J connectivity index is 1.66. The Morgan fingerprint density at radius 2 is 1.79 bits per heavy atom. The Morgan fingerprint density at radius 3 is 2.57 bits per heavy atom. The minimum absolute atomic E-state index is 0.153. The van der Waals surface area contributed by atoms with E-state index in [0.29, 0.717) is 5.56 Å². The number of aromatic nitrogens is 1. The lowest BCUT2D eigenvalue weighted by Gasteiger charge is -2.15. The number of nitrogens with zero attached hydrogens (tertiary/aromatic N) is 2. The molecule has 0 radical (unpaired) electrons. The molecular weight excluding hydrogens is 394 g/mol. The van der Waals surface area contributed by atoms with Gasteiger partial charge in [-0.25, -0.2) is 12.7 Å². The molecule has 28 heavy (non-hydrogen) atoms. The summed E-state index contributed by atoms with van der Waals surface area (Å²) in [7, 11) is -0.592. The highest BCUT2D eigenvalue weighted by molar-refractivity contribution is 8.00. The molecule has 3 aromatic rings. The maximum absolute atomic E-state index is 12.4. The molecule has 0 atom stereocenters. The van der Waals surface area contributed by atoms with Crippen LogP contribution in [0.25, 0.3) is 10.9 Å². The van der Waals surface area contributed by atoms with Crippen LogP contribution in [0.4, 0.5) is 0 Å². The summed E-state index contributed by atoms with van der Waals surface area (Å²) in [5.41, 5.74) is 1.44. The fourth-order valence-electron chi connectivity index (χ4n) is 2.68. The molecular formula is C20H21N3O3S2. The van der Waals surface area contributed by atoms with Gasteiger partial charge in [-0.3, -0.25) is 9.78 Å². The SMILES string of the molecule is CN(C)S(=O)(=O)c1ccccc1CNC(=O)CSc1ccnc2ccccc12. The van der Waals surface area contributed by atoms with Gasteiger partial charge in [0, 0.05) is 37.1 Å². The van der Waals surface area contributed by atoms with Crippen LogP contribution in [0, 0.1) is 0 Å². The molecule has 0 bridgehead atoms. The molecule has 1 aromatic heterocycles. The van der Waals surface area contributed by atoms with Gasteiger partial charge in [-0.1, -0.05) is 36.4 Å². The van der Waals surface area contributed by atoms with Crippen molar-refractivity contribution in [1.29, 1.82) is 0 Å². The molecule has 0 aliphatic carbocycles. The van der Waals surface area contributed by atoms with Crippen molar-refractivity contribution in [3.8, 4) is 0 Å². The van der Waals surface area contributed by atoms with E-state index >= 15 is 0 Å². The first-order chi connectivity index (χ1) is 13.4. The first-order valence-electron chi connectivity index (χ1n) is 8.63. The van der Waals surface area contributed by atoms with Gasteiger partial charge in [-0.15, -0.1) is 11.8 Å². The minimum Gasteiger partial charge on any atom is -0.351 e. The molecule has 8 heteroatoms. The van der Waals surface area contributed by atoms with Crippen molar-refractivity contribution in [3.63, 3.8) is 0 Å². The molecule has 0 saturated heterocycles. The standard InChI is InChI=1S/C20H21N3O3S2/c1-23(2)28(25,26)19-10-6-3-7-15(19)13-22-20(24)14-27-18-11-12-21-17-9-5-4-8-16(17)18/h3-12H,13-14H2,1-2H3,(H,22,24). The summed E-state index contributed by atoms with van der Waals surface area (Å²) in [5.74, 6) is 0.0688. The summed E-state index contributed by atoms with van der Waals surface area (Å²) in [5, 5.41) is 3.82. The summed E-state index contributed by atoms with van der Waals surface area (Å²) in [6, 6.07) is 16.4. The average Bonchev–Trinajstić information content (AvgIpc) is 2.70. The van der Waals surface area contributed by atoms with E-state index in [9.17, 15) is 13.2 Å². The fraction of sp³-hybridized carbons (Fsp3) is 0.200. The van der Waals surface area contributed by atoms with Gasteiger partial charge >= 0.3 is 0 Å². The number of sulfonamides is 1. The third-order valence-corrected chi connectivity index (χ3v) is 7.16. The average molecular weight is 416 g/mol. The van der Waals surface area contributed by atoms with Gasteiger partial charge in [0.05, 0.1) is 16.2 Å². The number of benzene rings is 2. The van der Waals surface area contributed by atoms with Crippen molar-refractivity contribution in [1.82, 2.24) is 14.6 Å². The number of thioether (sulfide) groups is 1. The van der Waals surface area contributed by atoms with Crippen molar-refractivity contribution in [2.45, 2.75) is 16.3 Å². The predicted octanol–water partition coefficient (Wildman–Crippen LogP) is 2.89. The molecule has 2 aromatic carbocycles. The number of carbonyl (C=O) groups is 1. The predicted molar refractivity (Wildman–Crippen MR) is 112 cm³/mol. The van der Waals surface area contributed by atoms with Crippen LogP contribution in [0.3, 0.4) is 0 Å². The van der Waals surface area contributed by atoms with Crippen molar-refractivity contribution >= 4 is 38.6 Å². The van der Waals surface area contributed by atoms with Crippen LogP contribution >= 0.6 is 11.8 Å². The van der Waals surface area contributed by atoms with Crippen molar-refractivity contribution in [2.75, 3.05) is 19.8 Å². The Labute approximate surface area is 169 Å². The maximum Gasteiger partial charge on any atom is 0.242 e. The van der Waals surface area contributed by atoms with Crippen molar-refractivity contribution in [2.24, 2.45) is 0 Å². The molecule has 0 spiro atoms. The highest BCUT2D eigenvalue weighted by Gasteiger charge is 2.20. The van der Waals surface area contributed by atoms with E-state index in [0.717, 1.165) is 20.1 Å². The molecule has 1 N–H and O–H groups in total. The molecule has 1 amide bonds. The first-order valence-corrected chi connectivity index (χ1v) is 11.1. The number of fused-ring (bicyclic) bond motifs is 1. The van der Waals surface area contributed by atoms with Crippen LogP contribution in [-0.4, -0.2) is 43.5 Å². The Hall–Kier alpha value is -2.42. The van der Waals surface area contributed by atoms with Gasteiger partial charge < -0.3 is 5.32 Å². The molecule has 0 aliphatic heterocycles. The van der Waals surface area contributed by atoms with E-state index in [1.165, 1.54) is 25.9 Å². The molecule has 3 rings (SSSR count).